The molecule has 1 amide bonds. The smallest absolute Gasteiger partial charge is 0.242 e. The minimum absolute atomic E-state index is 0.211. The molecule has 2 atom stereocenters. The molecule has 0 spiro atoms. The largest absolute Gasteiger partial charge is 0.322 e. The summed E-state index contributed by atoms with van der Waals surface area (Å²) in [6, 6.07) is 4.80. The molecule has 2 unspecified atom stereocenters. The molecule has 2 rings (SSSR count). The summed E-state index contributed by atoms with van der Waals surface area (Å²) in [6.45, 7) is 5.14. The number of anilines is 1. The molecule has 1 aromatic carbocycles. The van der Waals surface area contributed by atoms with E-state index < -0.39 is 5.82 Å². The molecule has 0 aromatic heterocycles. The maximum Gasteiger partial charge on any atom is 0.242 e. The van der Waals surface area contributed by atoms with Crippen molar-refractivity contribution in [2.24, 2.45) is 0 Å². The molecule has 3 N–H and O–H groups in total. The number of nitrogens with one attached hydrogen (secondary N) is 3. The molecule has 18 heavy (non-hydrogen) atoms. The highest BCUT2D eigenvalue weighted by molar-refractivity contribution is 5.95. The van der Waals surface area contributed by atoms with E-state index in [0.717, 1.165) is 12.1 Å². The molecular weight excluding hydrogens is 233 g/mol. The van der Waals surface area contributed by atoms with E-state index in [1.807, 2.05) is 13.8 Å². The zero-order chi connectivity index (χ0) is 13.1. The Labute approximate surface area is 106 Å². The molecule has 1 heterocycles. The predicted octanol–water partition coefficient (Wildman–Crippen LogP) is 1.02. The van der Waals surface area contributed by atoms with Crippen LogP contribution in [0, 0.1) is 12.7 Å². The van der Waals surface area contributed by atoms with Crippen molar-refractivity contribution in [1.82, 2.24) is 10.6 Å². The Balaban J connectivity index is 1.98. The van der Waals surface area contributed by atoms with Gasteiger partial charge in [0.2, 0.25) is 5.91 Å². The van der Waals surface area contributed by atoms with Crippen LogP contribution in [0.1, 0.15) is 12.5 Å². The second kappa shape index (κ2) is 5.46. The number of piperazine rings is 1. The van der Waals surface area contributed by atoms with Gasteiger partial charge in [-0.25, -0.2) is 4.39 Å². The normalized spacial score (nSPS) is 23.7. The molecule has 1 aliphatic rings. The minimum atomic E-state index is -0.402. The summed E-state index contributed by atoms with van der Waals surface area (Å²) in [6.07, 6.45) is 0. The number of amides is 1. The highest BCUT2D eigenvalue weighted by Crippen LogP contribution is 2.15. The molecule has 1 aromatic rings. The van der Waals surface area contributed by atoms with E-state index in [0.29, 0.717) is 12.6 Å². The van der Waals surface area contributed by atoms with Crippen molar-refractivity contribution in [1.29, 1.82) is 0 Å². The van der Waals surface area contributed by atoms with Gasteiger partial charge in [0.1, 0.15) is 5.82 Å². The van der Waals surface area contributed by atoms with Crippen LogP contribution in [0.3, 0.4) is 0 Å². The molecule has 0 bridgehead atoms. The monoisotopic (exact) mass is 251 g/mol. The summed E-state index contributed by atoms with van der Waals surface area (Å²) < 4.78 is 13.6. The molecule has 98 valence electrons. The first-order valence-corrected chi connectivity index (χ1v) is 6.10. The topological polar surface area (TPSA) is 53.2 Å². The van der Waals surface area contributed by atoms with Crippen molar-refractivity contribution in [2.45, 2.75) is 25.9 Å². The highest BCUT2D eigenvalue weighted by Gasteiger charge is 2.23. The Morgan fingerprint density at radius 3 is 2.78 bits per heavy atom. The molecule has 0 aliphatic carbocycles. The van der Waals surface area contributed by atoms with Crippen LogP contribution in [0.2, 0.25) is 0 Å². The SMILES string of the molecule is Cc1ccc(NC(=O)C2CNC(C)CN2)c(F)c1. The van der Waals surface area contributed by atoms with Gasteiger partial charge in [0.15, 0.2) is 0 Å². The molecule has 1 fully saturated rings. The van der Waals surface area contributed by atoms with E-state index in [1.165, 1.54) is 6.07 Å². The Bertz CT molecular complexity index is 442. The Morgan fingerprint density at radius 2 is 2.17 bits per heavy atom. The molecule has 0 saturated carbocycles. The molecule has 1 saturated heterocycles. The number of benzene rings is 1. The van der Waals surface area contributed by atoms with Crippen molar-refractivity contribution >= 4 is 11.6 Å². The van der Waals surface area contributed by atoms with Crippen LogP contribution in [0.5, 0.6) is 0 Å². The fourth-order valence-electron chi connectivity index (χ4n) is 1.91. The van der Waals surface area contributed by atoms with Gasteiger partial charge in [-0.3, -0.25) is 4.79 Å². The van der Waals surface area contributed by atoms with Crippen LogP contribution in [-0.2, 0) is 4.79 Å². The number of rotatable bonds is 2. The third-order valence-electron chi connectivity index (χ3n) is 3.04. The van der Waals surface area contributed by atoms with Crippen molar-refractivity contribution in [3.05, 3.63) is 29.6 Å². The van der Waals surface area contributed by atoms with E-state index in [-0.39, 0.29) is 17.6 Å². The van der Waals surface area contributed by atoms with E-state index in [4.69, 9.17) is 0 Å². The van der Waals surface area contributed by atoms with Crippen molar-refractivity contribution < 1.29 is 9.18 Å². The van der Waals surface area contributed by atoms with E-state index in [1.54, 1.807) is 12.1 Å². The standard InChI is InChI=1S/C13H18FN3O/c1-8-3-4-11(10(14)5-8)17-13(18)12-7-15-9(2)6-16-12/h3-5,9,12,15-16H,6-7H2,1-2H3,(H,17,18). The van der Waals surface area contributed by atoms with Gasteiger partial charge in [-0.1, -0.05) is 6.07 Å². The number of carbonyl (C=O) groups excluding carboxylic acids is 1. The third-order valence-corrected chi connectivity index (χ3v) is 3.04. The first-order valence-electron chi connectivity index (χ1n) is 6.10. The van der Waals surface area contributed by atoms with Gasteiger partial charge in [0.25, 0.3) is 0 Å². The lowest BCUT2D eigenvalue weighted by Gasteiger charge is -2.28. The van der Waals surface area contributed by atoms with E-state index in [2.05, 4.69) is 16.0 Å². The predicted molar refractivity (Wildman–Crippen MR) is 69.0 cm³/mol. The molecule has 5 heteroatoms. The number of aryl methyl sites for hydroxylation is 1. The third kappa shape index (κ3) is 3.05. The van der Waals surface area contributed by atoms with Gasteiger partial charge in [0.05, 0.1) is 11.7 Å². The zero-order valence-electron chi connectivity index (χ0n) is 10.6. The van der Waals surface area contributed by atoms with Crippen molar-refractivity contribution in [3.8, 4) is 0 Å². The van der Waals surface area contributed by atoms with Crippen LogP contribution in [0.4, 0.5) is 10.1 Å². The van der Waals surface area contributed by atoms with Crippen LogP contribution in [0.25, 0.3) is 0 Å². The number of hydrogen-bond acceptors (Lipinski definition) is 3. The van der Waals surface area contributed by atoms with E-state index in [9.17, 15) is 9.18 Å². The number of hydrogen-bond donors (Lipinski definition) is 3. The van der Waals surface area contributed by atoms with Crippen LogP contribution in [-0.4, -0.2) is 31.1 Å². The van der Waals surface area contributed by atoms with Gasteiger partial charge in [0, 0.05) is 19.1 Å². The minimum Gasteiger partial charge on any atom is -0.322 e. The lowest BCUT2D eigenvalue weighted by atomic mass is 10.1. The summed E-state index contributed by atoms with van der Waals surface area (Å²) in [4.78, 5) is 11.9. The van der Waals surface area contributed by atoms with Crippen LogP contribution in [0.15, 0.2) is 18.2 Å². The lowest BCUT2D eigenvalue weighted by molar-refractivity contribution is -0.118. The lowest BCUT2D eigenvalue weighted by Crippen LogP contribution is -2.57. The maximum absolute atomic E-state index is 13.6. The summed E-state index contributed by atoms with van der Waals surface area (Å²) in [5.41, 5.74) is 1.06. The Morgan fingerprint density at radius 1 is 1.39 bits per heavy atom. The fourth-order valence-corrected chi connectivity index (χ4v) is 1.91. The van der Waals surface area contributed by atoms with Crippen LogP contribution >= 0.6 is 0 Å². The fraction of sp³-hybridized carbons (Fsp3) is 0.462. The zero-order valence-corrected chi connectivity index (χ0v) is 10.6. The first kappa shape index (κ1) is 13.0. The summed E-state index contributed by atoms with van der Waals surface area (Å²) in [7, 11) is 0. The van der Waals surface area contributed by atoms with Gasteiger partial charge >= 0.3 is 0 Å². The van der Waals surface area contributed by atoms with Gasteiger partial charge in [-0.15, -0.1) is 0 Å². The quantitative estimate of drug-likeness (QED) is 0.735. The van der Waals surface area contributed by atoms with Crippen molar-refractivity contribution in [3.63, 3.8) is 0 Å². The van der Waals surface area contributed by atoms with E-state index >= 15 is 0 Å². The number of halogens is 1. The Hall–Kier alpha value is -1.46. The van der Waals surface area contributed by atoms with Crippen LogP contribution < -0.4 is 16.0 Å². The first-order chi connectivity index (χ1) is 8.56. The molecular formula is C13H18FN3O. The summed E-state index contributed by atoms with van der Waals surface area (Å²) in [5.74, 6) is -0.613. The molecule has 4 nitrogen and oxygen atoms in total. The second-order valence-electron chi connectivity index (χ2n) is 4.74. The summed E-state index contributed by atoms with van der Waals surface area (Å²) >= 11 is 0. The maximum atomic E-state index is 13.6. The number of carbonyl (C=O) groups is 1. The summed E-state index contributed by atoms with van der Waals surface area (Å²) in [5, 5.41) is 8.93. The Kier molecular flexibility index (Phi) is 3.93. The van der Waals surface area contributed by atoms with Gasteiger partial charge < -0.3 is 16.0 Å². The highest BCUT2D eigenvalue weighted by atomic mass is 19.1. The average molecular weight is 251 g/mol. The van der Waals surface area contributed by atoms with Gasteiger partial charge in [-0.2, -0.15) is 0 Å². The molecule has 1 aliphatic heterocycles. The second-order valence-corrected chi connectivity index (χ2v) is 4.74. The van der Waals surface area contributed by atoms with Crippen molar-refractivity contribution in [2.75, 3.05) is 18.4 Å². The molecule has 0 radical (unpaired) electrons. The average Bonchev–Trinajstić information content (AvgIpc) is 2.33. The van der Waals surface area contributed by atoms with Gasteiger partial charge in [-0.05, 0) is 31.5 Å².